The van der Waals surface area contributed by atoms with E-state index < -0.39 is 5.48 Å². The van der Waals surface area contributed by atoms with Crippen LogP contribution in [-0.2, 0) is 0 Å². The number of isothiocyanates is 1. The Labute approximate surface area is 58.5 Å². The van der Waals surface area contributed by atoms with E-state index in [1.54, 1.807) is 0 Å². The van der Waals surface area contributed by atoms with Crippen molar-refractivity contribution in [2.45, 2.75) is 0 Å². The van der Waals surface area contributed by atoms with Crippen LogP contribution in [0.15, 0.2) is 4.76 Å². The second-order valence-corrected chi connectivity index (χ2v) is 8.11. The standard InChI is InChI=1S/CBr2NPS/c2-5(3)4-1-6. The van der Waals surface area contributed by atoms with E-state index in [0.717, 1.165) is 0 Å². The summed E-state index contributed by atoms with van der Waals surface area (Å²) in [7, 11) is 0. The third kappa shape index (κ3) is 5.19. The Morgan fingerprint density at radius 2 is 2.17 bits per heavy atom. The molecule has 0 aliphatic heterocycles. The number of thiocarbonyl (C=S) groups is 1. The van der Waals surface area contributed by atoms with Crippen molar-refractivity contribution in [2.24, 2.45) is 4.76 Å². The van der Waals surface area contributed by atoms with Crippen LogP contribution in [0, 0.1) is 0 Å². The highest BCUT2D eigenvalue weighted by Gasteiger charge is 1.84. The zero-order valence-corrected chi connectivity index (χ0v) is 7.44. The summed E-state index contributed by atoms with van der Waals surface area (Å²) >= 11 is 10.5. The molecule has 0 aromatic carbocycles. The van der Waals surface area contributed by atoms with E-state index in [1.165, 1.54) is 0 Å². The van der Waals surface area contributed by atoms with Crippen molar-refractivity contribution < 1.29 is 0 Å². The highest BCUT2D eigenvalue weighted by Crippen LogP contribution is 2.52. The molecule has 6 heavy (non-hydrogen) atoms. The zero-order chi connectivity index (χ0) is 4.99. The van der Waals surface area contributed by atoms with Crippen molar-refractivity contribution in [2.75, 3.05) is 0 Å². The van der Waals surface area contributed by atoms with Gasteiger partial charge in [0.25, 0.3) is 0 Å². The predicted molar refractivity (Wildman–Crippen MR) is 39.8 cm³/mol. The average Bonchev–Trinajstić information content (AvgIpc) is 1.35. The van der Waals surface area contributed by atoms with Crippen molar-refractivity contribution >= 4 is 53.8 Å². The summed E-state index contributed by atoms with van der Waals surface area (Å²) in [6.45, 7) is 0. The number of halogens is 2. The molecule has 0 radical (unpaired) electrons. The third-order valence-corrected chi connectivity index (χ3v) is 1.55. The van der Waals surface area contributed by atoms with E-state index in [9.17, 15) is 0 Å². The average molecular weight is 249 g/mol. The van der Waals surface area contributed by atoms with Gasteiger partial charge in [0.05, 0.1) is 5.16 Å². The molecule has 0 fully saturated rings. The fraction of sp³-hybridized carbons (Fsp3) is 0. The molecule has 0 saturated carbocycles. The Hall–Kier alpha value is 1.19. The normalized spacial score (nSPS) is 7.83. The maximum Gasteiger partial charge on any atom is 0.166 e. The predicted octanol–water partition coefficient (Wildman–Crippen LogP) is 3.11. The van der Waals surface area contributed by atoms with Gasteiger partial charge in [0.15, 0.2) is 5.48 Å². The molecule has 0 aliphatic carbocycles. The lowest BCUT2D eigenvalue weighted by Crippen LogP contribution is -1.29. The molecule has 0 atom stereocenters. The molecule has 0 aromatic rings. The Balaban J connectivity index is 3.29. The summed E-state index contributed by atoms with van der Waals surface area (Å²) in [5, 5.41) is 2.21. The van der Waals surface area contributed by atoms with Crippen molar-refractivity contribution in [1.82, 2.24) is 0 Å². The molecule has 0 rings (SSSR count). The van der Waals surface area contributed by atoms with Crippen molar-refractivity contribution in [3.8, 4) is 0 Å². The van der Waals surface area contributed by atoms with Crippen LogP contribution in [0.2, 0.25) is 0 Å². The minimum absolute atomic E-state index is 0.566. The van der Waals surface area contributed by atoms with Gasteiger partial charge in [-0.1, -0.05) is 0 Å². The lowest BCUT2D eigenvalue weighted by molar-refractivity contribution is 2.04. The molecule has 1 nitrogen and oxygen atoms in total. The lowest BCUT2D eigenvalue weighted by atomic mass is 11.8. The molecule has 5 heteroatoms. The summed E-state index contributed by atoms with van der Waals surface area (Å²) in [5.74, 6) is 0. The lowest BCUT2D eigenvalue weighted by Gasteiger charge is -1.77. The van der Waals surface area contributed by atoms with E-state index in [4.69, 9.17) is 0 Å². The summed E-state index contributed by atoms with van der Waals surface area (Å²) in [4.78, 5) is 0. The molecule has 0 aliphatic rings. The first-order valence-corrected chi connectivity index (χ1v) is 6.71. The summed E-state index contributed by atoms with van der Waals surface area (Å²) in [6.07, 6.45) is 0. The summed E-state index contributed by atoms with van der Waals surface area (Å²) < 4.78 is 3.59. The molecule has 34 valence electrons. The van der Waals surface area contributed by atoms with Crippen molar-refractivity contribution in [3.05, 3.63) is 0 Å². The van der Waals surface area contributed by atoms with Crippen LogP contribution in [0.5, 0.6) is 0 Å². The minimum atomic E-state index is -0.566. The van der Waals surface area contributed by atoms with Gasteiger partial charge in [-0.2, -0.15) is 4.76 Å². The molecule has 0 heterocycles. The second-order valence-electron chi connectivity index (χ2n) is 0.406. The van der Waals surface area contributed by atoms with Gasteiger partial charge in [-0.05, 0) is 43.2 Å². The Bertz CT molecular complexity index is 77.6. The minimum Gasteiger partial charge on any atom is -0.184 e. The largest absolute Gasteiger partial charge is 0.184 e. The quantitative estimate of drug-likeness (QED) is 0.395. The molecular weight excluding hydrogens is 249 g/mol. The molecule has 0 N–H and O–H groups in total. The first-order valence-electron chi connectivity index (χ1n) is 0.966. The second kappa shape index (κ2) is 4.35. The van der Waals surface area contributed by atoms with Crippen molar-refractivity contribution in [1.29, 1.82) is 0 Å². The van der Waals surface area contributed by atoms with E-state index in [1.807, 2.05) is 0 Å². The number of nitrogens with zero attached hydrogens (tertiary/aromatic N) is 1. The smallest absolute Gasteiger partial charge is 0.166 e. The van der Waals surface area contributed by atoms with Gasteiger partial charge in [0.2, 0.25) is 0 Å². The van der Waals surface area contributed by atoms with Crippen LogP contribution in [-0.4, -0.2) is 5.16 Å². The Morgan fingerprint density at radius 3 is 2.17 bits per heavy atom. The molecule has 0 unspecified atom stereocenters. The van der Waals surface area contributed by atoms with E-state index in [-0.39, 0.29) is 0 Å². The highest BCUT2D eigenvalue weighted by molar-refractivity contribution is 9.69. The fourth-order valence-electron chi connectivity index (χ4n) is 0.0309. The van der Waals surface area contributed by atoms with Crippen LogP contribution in [0.1, 0.15) is 0 Å². The van der Waals surface area contributed by atoms with E-state index in [2.05, 4.69) is 53.1 Å². The molecule has 0 bridgehead atoms. The van der Waals surface area contributed by atoms with E-state index >= 15 is 0 Å². The number of hydrogen-bond acceptors (Lipinski definition) is 2. The molecule has 0 saturated heterocycles. The Morgan fingerprint density at radius 1 is 1.67 bits per heavy atom. The van der Waals surface area contributed by atoms with Gasteiger partial charge in [-0.15, -0.1) is 0 Å². The summed E-state index contributed by atoms with van der Waals surface area (Å²) in [5.41, 5.74) is -0.566. The third-order valence-electron chi connectivity index (χ3n) is 0.116. The topological polar surface area (TPSA) is 12.4 Å². The number of hydrogen-bond donors (Lipinski definition) is 0. The molecule has 0 spiro atoms. The van der Waals surface area contributed by atoms with Crippen LogP contribution in [0.4, 0.5) is 0 Å². The maximum atomic E-state index is 4.27. The van der Waals surface area contributed by atoms with Gasteiger partial charge in [-0.3, -0.25) is 0 Å². The van der Waals surface area contributed by atoms with Crippen LogP contribution < -0.4 is 0 Å². The zero-order valence-electron chi connectivity index (χ0n) is 2.56. The highest BCUT2D eigenvalue weighted by atomic mass is 79.9. The SMILES string of the molecule is S=C=NP(Br)Br. The van der Waals surface area contributed by atoms with Crippen LogP contribution in [0.25, 0.3) is 0 Å². The van der Waals surface area contributed by atoms with Crippen LogP contribution in [0.3, 0.4) is 0 Å². The molecule has 0 aromatic heterocycles. The van der Waals surface area contributed by atoms with Crippen LogP contribution >= 0.6 is 48.7 Å². The van der Waals surface area contributed by atoms with Gasteiger partial charge in [0, 0.05) is 0 Å². The van der Waals surface area contributed by atoms with Gasteiger partial charge >= 0.3 is 0 Å². The fourth-order valence-corrected chi connectivity index (χ4v) is 1.44. The number of rotatable bonds is 1. The summed E-state index contributed by atoms with van der Waals surface area (Å²) in [6, 6.07) is 0. The van der Waals surface area contributed by atoms with Gasteiger partial charge in [-0.25, -0.2) is 0 Å². The first kappa shape index (κ1) is 7.19. The van der Waals surface area contributed by atoms with Crippen molar-refractivity contribution in [3.63, 3.8) is 0 Å². The first-order chi connectivity index (χ1) is 2.77. The van der Waals surface area contributed by atoms with Gasteiger partial charge < -0.3 is 0 Å². The van der Waals surface area contributed by atoms with Gasteiger partial charge in [0.1, 0.15) is 0 Å². The Kier molecular flexibility index (Phi) is 5.21. The maximum absolute atomic E-state index is 4.27. The monoisotopic (exact) mass is 247 g/mol. The van der Waals surface area contributed by atoms with E-state index in [0.29, 0.717) is 0 Å². The molecule has 0 amide bonds. The molecular formula is CBr2NPS.